The molecule has 2 heterocycles. The lowest BCUT2D eigenvalue weighted by atomic mass is 9.95. The zero-order valence-corrected chi connectivity index (χ0v) is 18.0. The van der Waals surface area contributed by atoms with Crippen LogP contribution in [0.1, 0.15) is 44.6 Å². The summed E-state index contributed by atoms with van der Waals surface area (Å²) < 4.78 is 24.2. The molecule has 1 saturated heterocycles. The van der Waals surface area contributed by atoms with Crippen molar-refractivity contribution in [3.63, 3.8) is 0 Å². The van der Waals surface area contributed by atoms with Crippen LogP contribution in [0.2, 0.25) is 0 Å². The fourth-order valence-corrected chi connectivity index (χ4v) is 5.09. The van der Waals surface area contributed by atoms with Crippen molar-refractivity contribution in [3.8, 4) is 22.9 Å². The lowest BCUT2D eigenvalue weighted by Gasteiger charge is -2.26. The molecular weight excluding hydrogens is 390 g/mol. The van der Waals surface area contributed by atoms with Crippen LogP contribution in [-0.2, 0) is 9.47 Å². The van der Waals surface area contributed by atoms with Gasteiger partial charge in [-0.2, -0.15) is 0 Å². The maximum atomic E-state index is 5.70. The van der Waals surface area contributed by atoms with Gasteiger partial charge in [-0.3, -0.25) is 4.57 Å². The van der Waals surface area contributed by atoms with Gasteiger partial charge in [0.25, 0.3) is 0 Å². The molecule has 1 aliphatic heterocycles. The van der Waals surface area contributed by atoms with Crippen molar-refractivity contribution in [3.05, 3.63) is 18.2 Å². The molecule has 29 heavy (non-hydrogen) atoms. The zero-order valence-electron chi connectivity index (χ0n) is 17.1. The third kappa shape index (κ3) is 4.70. The Hall–Kier alpha value is -1.77. The Morgan fingerprint density at radius 2 is 1.90 bits per heavy atom. The van der Waals surface area contributed by atoms with Gasteiger partial charge < -0.3 is 18.9 Å². The van der Waals surface area contributed by atoms with Gasteiger partial charge in [-0.25, -0.2) is 0 Å². The molecule has 158 valence electrons. The van der Waals surface area contributed by atoms with Crippen molar-refractivity contribution in [1.82, 2.24) is 14.8 Å². The van der Waals surface area contributed by atoms with E-state index in [4.69, 9.17) is 18.9 Å². The molecule has 0 radical (unpaired) electrons. The summed E-state index contributed by atoms with van der Waals surface area (Å²) in [4.78, 5) is 0. The fourth-order valence-electron chi connectivity index (χ4n) is 4.02. The molecular formula is C21H29N3O4S. The Bertz CT molecular complexity index is 801. The summed E-state index contributed by atoms with van der Waals surface area (Å²) in [6.07, 6.45) is 7.27. The molecule has 1 aromatic carbocycles. The molecule has 7 nitrogen and oxygen atoms in total. The van der Waals surface area contributed by atoms with Crippen molar-refractivity contribution in [2.45, 2.75) is 55.8 Å². The molecule has 4 rings (SSSR count). The highest BCUT2D eigenvalue weighted by molar-refractivity contribution is 7.99. The molecule has 0 unspecified atom stereocenters. The number of benzene rings is 1. The van der Waals surface area contributed by atoms with Crippen molar-refractivity contribution >= 4 is 11.8 Å². The van der Waals surface area contributed by atoms with Crippen molar-refractivity contribution in [1.29, 1.82) is 0 Å². The number of rotatable bonds is 7. The summed E-state index contributed by atoms with van der Waals surface area (Å²) in [5.74, 6) is 3.17. The first-order valence-electron chi connectivity index (χ1n) is 10.3. The van der Waals surface area contributed by atoms with Gasteiger partial charge in [0.1, 0.15) is 6.79 Å². The number of ether oxygens (including phenoxy) is 4. The fraction of sp³-hybridized carbons (Fsp3) is 0.619. The summed E-state index contributed by atoms with van der Waals surface area (Å²) in [6.45, 7) is 1.15. The van der Waals surface area contributed by atoms with Crippen LogP contribution in [0.3, 0.4) is 0 Å². The molecule has 1 aliphatic carbocycles. The van der Waals surface area contributed by atoms with E-state index < -0.39 is 0 Å². The summed E-state index contributed by atoms with van der Waals surface area (Å²) >= 11 is 1.73. The molecule has 1 saturated carbocycles. The van der Waals surface area contributed by atoms with E-state index in [-0.39, 0.29) is 6.10 Å². The Morgan fingerprint density at radius 1 is 1.07 bits per heavy atom. The van der Waals surface area contributed by atoms with E-state index in [1.807, 2.05) is 18.2 Å². The number of methoxy groups -OCH3 is 2. The van der Waals surface area contributed by atoms with Gasteiger partial charge in [-0.1, -0.05) is 31.0 Å². The molecule has 1 aromatic heterocycles. The van der Waals surface area contributed by atoms with Gasteiger partial charge in [0.05, 0.1) is 26.9 Å². The zero-order chi connectivity index (χ0) is 20.1. The first-order chi connectivity index (χ1) is 14.3. The second kappa shape index (κ2) is 9.82. The summed E-state index contributed by atoms with van der Waals surface area (Å²) in [6, 6.07) is 6.37. The number of thioether (sulfide) groups is 1. The molecule has 2 fully saturated rings. The lowest BCUT2D eigenvalue weighted by Crippen LogP contribution is -2.26. The lowest BCUT2D eigenvalue weighted by molar-refractivity contribution is -0.130. The van der Waals surface area contributed by atoms with Crippen molar-refractivity contribution in [2.24, 2.45) is 0 Å². The van der Waals surface area contributed by atoms with E-state index in [2.05, 4.69) is 14.8 Å². The van der Waals surface area contributed by atoms with Crippen LogP contribution in [0.4, 0.5) is 0 Å². The normalized spacial score (nSPS) is 20.6. The average molecular weight is 420 g/mol. The topological polar surface area (TPSA) is 67.6 Å². The Kier molecular flexibility index (Phi) is 6.94. The highest BCUT2D eigenvalue weighted by atomic mass is 32.2. The van der Waals surface area contributed by atoms with Gasteiger partial charge in [-0.15, -0.1) is 10.2 Å². The maximum absolute atomic E-state index is 5.70. The van der Waals surface area contributed by atoms with E-state index >= 15 is 0 Å². The monoisotopic (exact) mass is 419 g/mol. The van der Waals surface area contributed by atoms with Gasteiger partial charge >= 0.3 is 0 Å². The van der Waals surface area contributed by atoms with Crippen LogP contribution in [0.15, 0.2) is 23.4 Å². The average Bonchev–Trinajstić information content (AvgIpc) is 3.22. The summed E-state index contributed by atoms with van der Waals surface area (Å²) in [7, 11) is 3.30. The molecule has 8 heteroatoms. The third-order valence-electron chi connectivity index (χ3n) is 5.62. The molecule has 0 bridgehead atoms. The van der Waals surface area contributed by atoms with Crippen LogP contribution in [0, 0.1) is 0 Å². The van der Waals surface area contributed by atoms with E-state index in [1.54, 1.807) is 26.0 Å². The van der Waals surface area contributed by atoms with E-state index in [1.165, 1.54) is 32.1 Å². The minimum Gasteiger partial charge on any atom is -0.493 e. The standard InChI is InChI=1S/C21H29N3O4S/c1-25-18-9-8-15(12-19(18)26-2)20-22-23-21(24(20)16-6-4-3-5-7-16)29-13-17-10-11-27-14-28-17/h8-9,12,16-17H,3-7,10-11,13-14H2,1-2H3/t17-/m0/s1. The Labute approximate surface area is 176 Å². The second-order valence-electron chi connectivity index (χ2n) is 7.45. The molecule has 1 atom stereocenters. The first-order valence-corrected chi connectivity index (χ1v) is 11.3. The smallest absolute Gasteiger partial charge is 0.191 e. The minimum absolute atomic E-state index is 0.204. The Morgan fingerprint density at radius 3 is 2.62 bits per heavy atom. The van der Waals surface area contributed by atoms with E-state index in [0.29, 0.717) is 24.3 Å². The van der Waals surface area contributed by atoms with E-state index in [0.717, 1.165) is 35.3 Å². The van der Waals surface area contributed by atoms with Crippen molar-refractivity contribution in [2.75, 3.05) is 33.4 Å². The number of hydrogen-bond acceptors (Lipinski definition) is 7. The predicted molar refractivity (Wildman–Crippen MR) is 112 cm³/mol. The number of aromatic nitrogens is 3. The quantitative estimate of drug-likeness (QED) is 0.619. The third-order valence-corrected chi connectivity index (χ3v) is 6.69. The van der Waals surface area contributed by atoms with Gasteiger partial charge in [0, 0.05) is 17.4 Å². The van der Waals surface area contributed by atoms with Crippen molar-refractivity contribution < 1.29 is 18.9 Å². The largest absolute Gasteiger partial charge is 0.493 e. The van der Waals surface area contributed by atoms with Gasteiger partial charge in [-0.05, 0) is 37.5 Å². The van der Waals surface area contributed by atoms with Gasteiger partial charge in [0.15, 0.2) is 22.5 Å². The highest BCUT2D eigenvalue weighted by Crippen LogP contribution is 2.38. The summed E-state index contributed by atoms with van der Waals surface area (Å²) in [5.41, 5.74) is 0.995. The predicted octanol–water partition coefficient (Wildman–Crippen LogP) is 4.32. The molecule has 0 amide bonds. The van der Waals surface area contributed by atoms with Crippen LogP contribution in [-0.4, -0.2) is 54.2 Å². The number of hydrogen-bond donors (Lipinski definition) is 0. The van der Waals surface area contributed by atoms with E-state index in [9.17, 15) is 0 Å². The molecule has 2 aliphatic rings. The van der Waals surface area contributed by atoms with Crippen LogP contribution < -0.4 is 9.47 Å². The summed E-state index contributed by atoms with van der Waals surface area (Å²) in [5, 5.41) is 10.1. The van der Waals surface area contributed by atoms with Crippen LogP contribution >= 0.6 is 11.8 Å². The minimum atomic E-state index is 0.204. The highest BCUT2D eigenvalue weighted by Gasteiger charge is 2.25. The van der Waals surface area contributed by atoms with Gasteiger partial charge in [0.2, 0.25) is 0 Å². The van der Waals surface area contributed by atoms with Crippen LogP contribution in [0.5, 0.6) is 11.5 Å². The molecule has 0 spiro atoms. The Balaban J connectivity index is 1.63. The second-order valence-corrected chi connectivity index (χ2v) is 8.44. The SMILES string of the molecule is COc1ccc(-c2nnc(SC[C@@H]3CCOCO3)n2C2CCCCC2)cc1OC. The van der Waals surface area contributed by atoms with Crippen LogP contribution in [0.25, 0.3) is 11.4 Å². The number of nitrogens with zero attached hydrogens (tertiary/aromatic N) is 3. The maximum Gasteiger partial charge on any atom is 0.191 e. The molecule has 2 aromatic rings. The first kappa shape index (κ1) is 20.5. The molecule has 0 N–H and O–H groups in total.